The first-order valence-electron chi connectivity index (χ1n) is 5.67. The molecule has 10 heteroatoms. The predicted molar refractivity (Wildman–Crippen MR) is 94.3 cm³/mol. The van der Waals surface area contributed by atoms with Crippen molar-refractivity contribution >= 4 is 85.1 Å². The molecule has 21 heavy (non-hydrogen) atoms. The van der Waals surface area contributed by atoms with Gasteiger partial charge in [-0.2, -0.15) is 0 Å². The molecule has 0 aliphatic rings. The lowest BCUT2D eigenvalue weighted by atomic mass is 10.2. The van der Waals surface area contributed by atoms with E-state index in [2.05, 4.69) is 58.1 Å². The van der Waals surface area contributed by atoms with E-state index in [1.165, 1.54) is 0 Å². The molecule has 1 heterocycles. The number of benzene rings is 1. The van der Waals surface area contributed by atoms with Gasteiger partial charge in [0.2, 0.25) is 15.7 Å². The number of alkyl halides is 3. The fourth-order valence-electron chi connectivity index (χ4n) is 1.52. The Morgan fingerprint density at radius 2 is 2.05 bits per heavy atom. The molecule has 0 bridgehead atoms. The lowest BCUT2D eigenvalue weighted by Crippen LogP contribution is -2.22. The number of sulfone groups is 1. The summed E-state index contributed by atoms with van der Waals surface area (Å²) in [6, 6.07) is 4.91. The number of hydrogen-bond acceptors (Lipinski definition) is 5. The molecule has 0 unspecified atom stereocenters. The summed E-state index contributed by atoms with van der Waals surface area (Å²) in [4.78, 5) is 15.9. The zero-order valence-corrected chi connectivity index (χ0v) is 17.0. The fraction of sp³-hybridized carbons (Fsp3) is 0.273. The average molecular weight is 521 g/mol. The zero-order chi connectivity index (χ0) is 15.8. The lowest BCUT2D eigenvalue weighted by molar-refractivity contribution is 0.0956. The van der Waals surface area contributed by atoms with E-state index in [1.807, 2.05) is 6.92 Å². The minimum atomic E-state index is -3.72. The molecule has 0 spiro atoms. The van der Waals surface area contributed by atoms with Gasteiger partial charge in [0.05, 0.1) is 10.2 Å². The van der Waals surface area contributed by atoms with Gasteiger partial charge in [0.1, 0.15) is 0 Å². The van der Waals surface area contributed by atoms with Gasteiger partial charge in [0.15, 0.2) is 0 Å². The number of carbonyl (C=O) groups is 1. The van der Waals surface area contributed by atoms with Crippen molar-refractivity contribution in [3.05, 3.63) is 23.8 Å². The van der Waals surface area contributed by atoms with Crippen LogP contribution < -0.4 is 5.32 Å². The van der Waals surface area contributed by atoms with Gasteiger partial charge in [0.25, 0.3) is 5.91 Å². The lowest BCUT2D eigenvalue weighted by Gasteiger charge is -2.09. The predicted octanol–water partition coefficient (Wildman–Crippen LogP) is 3.62. The number of carbonyl (C=O) groups excluding carboxylic acids is 1. The average Bonchev–Trinajstić information content (AvgIpc) is 2.80. The highest BCUT2D eigenvalue weighted by Crippen LogP contribution is 2.44. The largest absolute Gasteiger partial charge is 0.352 e. The minimum absolute atomic E-state index is 0.0452. The monoisotopic (exact) mass is 518 g/mol. The number of nitrogens with zero attached hydrogens (tertiary/aromatic N) is 1. The van der Waals surface area contributed by atoms with Crippen molar-refractivity contribution in [3.63, 3.8) is 0 Å². The van der Waals surface area contributed by atoms with Crippen LogP contribution in [0.15, 0.2) is 22.5 Å². The summed E-state index contributed by atoms with van der Waals surface area (Å²) in [6.07, 6.45) is 0. The van der Waals surface area contributed by atoms with E-state index in [0.29, 0.717) is 22.3 Å². The Bertz CT molecular complexity index is 797. The molecule has 1 aromatic carbocycles. The normalized spacial score (nSPS) is 12.6. The van der Waals surface area contributed by atoms with Crippen LogP contribution >= 0.6 is 59.1 Å². The number of halogens is 3. The Kier molecular flexibility index (Phi) is 5.14. The fourth-order valence-corrected chi connectivity index (χ4v) is 6.05. The molecule has 0 saturated heterocycles. The topological polar surface area (TPSA) is 76.1 Å². The molecule has 0 saturated carbocycles. The number of thiazole rings is 1. The Labute approximate surface area is 150 Å². The van der Waals surface area contributed by atoms with Crippen molar-refractivity contribution in [2.75, 3.05) is 6.54 Å². The summed E-state index contributed by atoms with van der Waals surface area (Å²) >= 11 is 10.0. The second-order valence-corrected chi connectivity index (χ2v) is 15.6. The molecule has 1 amide bonds. The van der Waals surface area contributed by atoms with Crippen LogP contribution in [0.25, 0.3) is 10.2 Å². The van der Waals surface area contributed by atoms with Crippen LogP contribution in [0.1, 0.15) is 17.3 Å². The molecule has 5 nitrogen and oxygen atoms in total. The molecule has 2 aromatic rings. The van der Waals surface area contributed by atoms with E-state index >= 15 is 0 Å². The number of amides is 1. The zero-order valence-electron chi connectivity index (χ0n) is 10.6. The van der Waals surface area contributed by atoms with Gasteiger partial charge in [-0.25, -0.2) is 13.4 Å². The smallest absolute Gasteiger partial charge is 0.251 e. The maximum atomic E-state index is 12.3. The highest BCUT2D eigenvalue weighted by atomic mass is 80.0. The van der Waals surface area contributed by atoms with Gasteiger partial charge in [-0.3, -0.25) is 4.79 Å². The van der Waals surface area contributed by atoms with Crippen LogP contribution in [0.5, 0.6) is 0 Å². The molecule has 1 aromatic heterocycles. The second-order valence-electron chi connectivity index (χ2n) is 3.97. The van der Waals surface area contributed by atoms with Crippen LogP contribution in [-0.4, -0.2) is 27.3 Å². The molecule has 0 atom stereocenters. The van der Waals surface area contributed by atoms with Crippen molar-refractivity contribution in [1.82, 2.24) is 10.3 Å². The third-order valence-corrected chi connectivity index (χ3v) is 9.24. The van der Waals surface area contributed by atoms with E-state index in [0.717, 1.165) is 11.3 Å². The molecule has 0 fully saturated rings. The molecule has 114 valence electrons. The van der Waals surface area contributed by atoms with E-state index < -0.39 is 11.3 Å². The summed E-state index contributed by atoms with van der Waals surface area (Å²) in [5.41, 5.74) is 0.917. The van der Waals surface area contributed by atoms with Gasteiger partial charge in [-0.05, 0) is 72.9 Å². The summed E-state index contributed by atoms with van der Waals surface area (Å²) < 4.78 is 23.7. The quantitative estimate of drug-likeness (QED) is 0.627. The molecule has 0 aliphatic carbocycles. The van der Waals surface area contributed by atoms with E-state index in [-0.39, 0.29) is 10.2 Å². The Balaban J connectivity index is 2.51. The van der Waals surface area contributed by atoms with E-state index in [4.69, 9.17) is 0 Å². The van der Waals surface area contributed by atoms with Crippen molar-refractivity contribution in [2.24, 2.45) is 0 Å². The van der Waals surface area contributed by atoms with Crippen molar-refractivity contribution in [1.29, 1.82) is 0 Å². The Morgan fingerprint density at radius 1 is 1.38 bits per heavy atom. The number of fused-ring (bicyclic) bond motifs is 1. The molecular weight excluding hydrogens is 512 g/mol. The number of rotatable bonds is 3. The number of hydrogen-bond donors (Lipinski definition) is 1. The number of aromatic nitrogens is 1. The minimum Gasteiger partial charge on any atom is -0.352 e. The standard InChI is InChI=1S/C11H9Br3N2O3S2/c1-2-15-9(17)6-3-4-8-7(5-6)16-10(20-8)21(18,19)11(12,13)14/h3-5H,2H2,1H3,(H,15,17). The maximum absolute atomic E-state index is 12.3. The summed E-state index contributed by atoms with van der Waals surface area (Å²) in [5, 5.41) is 2.68. The Morgan fingerprint density at radius 3 is 2.62 bits per heavy atom. The Hall–Kier alpha value is -0.0300. The first kappa shape index (κ1) is 17.3. The first-order chi connectivity index (χ1) is 9.66. The third kappa shape index (κ3) is 3.49. The summed E-state index contributed by atoms with van der Waals surface area (Å²) in [6.45, 7) is 2.35. The van der Waals surface area contributed by atoms with Gasteiger partial charge in [-0.1, -0.05) is 0 Å². The molecule has 2 rings (SSSR count). The molecule has 1 N–H and O–H groups in total. The van der Waals surface area contributed by atoms with Crippen molar-refractivity contribution in [3.8, 4) is 0 Å². The van der Waals surface area contributed by atoms with Crippen LogP contribution in [-0.2, 0) is 9.84 Å². The summed E-state index contributed by atoms with van der Waals surface area (Å²) in [5.74, 6) is -0.215. The second kappa shape index (κ2) is 6.23. The SMILES string of the molecule is CCNC(=O)c1ccc2sc(S(=O)(=O)C(Br)(Br)Br)nc2c1. The van der Waals surface area contributed by atoms with Gasteiger partial charge in [0, 0.05) is 12.1 Å². The van der Waals surface area contributed by atoms with Crippen molar-refractivity contribution in [2.45, 2.75) is 12.7 Å². The van der Waals surface area contributed by atoms with Crippen LogP contribution in [0.3, 0.4) is 0 Å². The van der Waals surface area contributed by atoms with Gasteiger partial charge in [-0.15, -0.1) is 11.3 Å². The first-order valence-corrected chi connectivity index (χ1v) is 10.3. The van der Waals surface area contributed by atoms with Gasteiger partial charge >= 0.3 is 0 Å². The molecule has 0 aliphatic heterocycles. The number of nitrogens with one attached hydrogen (secondary N) is 1. The van der Waals surface area contributed by atoms with Crippen LogP contribution in [0.2, 0.25) is 0 Å². The van der Waals surface area contributed by atoms with E-state index in [1.54, 1.807) is 18.2 Å². The van der Waals surface area contributed by atoms with Crippen LogP contribution in [0.4, 0.5) is 0 Å². The third-order valence-electron chi connectivity index (χ3n) is 2.50. The van der Waals surface area contributed by atoms with Crippen molar-refractivity contribution < 1.29 is 13.2 Å². The van der Waals surface area contributed by atoms with Gasteiger partial charge < -0.3 is 5.32 Å². The highest BCUT2D eigenvalue weighted by molar-refractivity contribution is 9.42. The molecular formula is C11H9Br3N2O3S2. The summed E-state index contributed by atoms with van der Waals surface area (Å²) in [7, 11) is -3.72. The highest BCUT2D eigenvalue weighted by Gasteiger charge is 2.39. The van der Waals surface area contributed by atoms with E-state index in [9.17, 15) is 13.2 Å². The maximum Gasteiger partial charge on any atom is 0.251 e. The molecule has 0 radical (unpaired) electrons. The van der Waals surface area contributed by atoms with Crippen LogP contribution in [0, 0.1) is 0 Å².